The number of rotatable bonds is 4. The van der Waals surface area contributed by atoms with Crippen molar-refractivity contribution in [3.05, 3.63) is 24.0 Å². The van der Waals surface area contributed by atoms with Gasteiger partial charge >= 0.3 is 5.97 Å². The van der Waals surface area contributed by atoms with E-state index in [-0.39, 0.29) is 12.5 Å². The zero-order valence-electron chi connectivity index (χ0n) is 9.94. The molecule has 6 heteroatoms. The van der Waals surface area contributed by atoms with Crippen LogP contribution in [0.2, 0.25) is 0 Å². The molecule has 6 nitrogen and oxygen atoms in total. The summed E-state index contributed by atoms with van der Waals surface area (Å²) in [5.74, 6) is -1.16. The SMILES string of the molecule is O=C(NCC1(C(=O)O)CCOCC1)c1ccc[nH]1. The van der Waals surface area contributed by atoms with Crippen LogP contribution in [-0.4, -0.2) is 41.7 Å². The van der Waals surface area contributed by atoms with E-state index in [1.54, 1.807) is 18.3 Å². The number of nitrogens with one attached hydrogen (secondary N) is 2. The van der Waals surface area contributed by atoms with Gasteiger partial charge in [-0.25, -0.2) is 0 Å². The molecule has 1 aromatic heterocycles. The topological polar surface area (TPSA) is 91.4 Å². The van der Waals surface area contributed by atoms with Gasteiger partial charge in [0, 0.05) is 26.0 Å². The molecule has 0 unspecified atom stereocenters. The van der Waals surface area contributed by atoms with Crippen LogP contribution in [0.3, 0.4) is 0 Å². The minimum absolute atomic E-state index is 0.129. The van der Waals surface area contributed by atoms with Crippen molar-refractivity contribution in [1.29, 1.82) is 0 Å². The largest absolute Gasteiger partial charge is 0.481 e. The Kier molecular flexibility index (Phi) is 3.66. The second-order valence-electron chi connectivity index (χ2n) is 4.46. The first kappa shape index (κ1) is 12.6. The van der Waals surface area contributed by atoms with Gasteiger partial charge in [0.15, 0.2) is 0 Å². The molecule has 3 N–H and O–H groups in total. The Morgan fingerprint density at radius 2 is 2.17 bits per heavy atom. The molecule has 0 spiro atoms. The van der Waals surface area contributed by atoms with Crippen LogP contribution in [0.1, 0.15) is 23.3 Å². The van der Waals surface area contributed by atoms with Crippen LogP contribution >= 0.6 is 0 Å². The lowest BCUT2D eigenvalue weighted by molar-refractivity contribution is -0.154. The van der Waals surface area contributed by atoms with Gasteiger partial charge in [-0.3, -0.25) is 9.59 Å². The fraction of sp³-hybridized carbons (Fsp3) is 0.500. The second-order valence-corrected chi connectivity index (χ2v) is 4.46. The van der Waals surface area contributed by atoms with E-state index in [1.165, 1.54) is 0 Å². The maximum atomic E-state index is 11.7. The molecule has 0 aliphatic carbocycles. The molecule has 0 radical (unpaired) electrons. The van der Waals surface area contributed by atoms with E-state index in [0.29, 0.717) is 31.7 Å². The number of aromatic amines is 1. The Morgan fingerprint density at radius 3 is 2.72 bits per heavy atom. The number of H-pyrrole nitrogens is 1. The van der Waals surface area contributed by atoms with Crippen molar-refractivity contribution in [1.82, 2.24) is 10.3 Å². The molecule has 0 saturated carbocycles. The summed E-state index contributed by atoms with van der Waals surface area (Å²) >= 11 is 0. The van der Waals surface area contributed by atoms with Crippen molar-refractivity contribution in [2.75, 3.05) is 19.8 Å². The summed E-state index contributed by atoms with van der Waals surface area (Å²) in [5, 5.41) is 12.0. The van der Waals surface area contributed by atoms with E-state index in [0.717, 1.165) is 0 Å². The third kappa shape index (κ3) is 2.53. The number of carbonyl (C=O) groups is 2. The first-order valence-electron chi connectivity index (χ1n) is 5.87. The number of carbonyl (C=O) groups excluding carboxylic acids is 1. The fourth-order valence-electron chi connectivity index (χ4n) is 2.04. The van der Waals surface area contributed by atoms with E-state index in [4.69, 9.17) is 4.74 Å². The van der Waals surface area contributed by atoms with Gasteiger partial charge in [0.25, 0.3) is 5.91 Å². The highest BCUT2D eigenvalue weighted by atomic mass is 16.5. The Balaban J connectivity index is 1.98. The van der Waals surface area contributed by atoms with Crippen LogP contribution < -0.4 is 5.32 Å². The van der Waals surface area contributed by atoms with E-state index in [2.05, 4.69) is 10.3 Å². The van der Waals surface area contributed by atoms with Gasteiger partial charge in [-0.1, -0.05) is 0 Å². The van der Waals surface area contributed by atoms with E-state index >= 15 is 0 Å². The number of amides is 1. The first-order chi connectivity index (χ1) is 8.64. The third-order valence-electron chi connectivity index (χ3n) is 3.33. The Morgan fingerprint density at radius 1 is 1.44 bits per heavy atom. The van der Waals surface area contributed by atoms with Crippen LogP contribution in [-0.2, 0) is 9.53 Å². The molecule has 1 aliphatic rings. The van der Waals surface area contributed by atoms with Crippen LogP contribution in [0, 0.1) is 5.41 Å². The summed E-state index contributed by atoms with van der Waals surface area (Å²) in [5.41, 5.74) is -0.469. The van der Waals surface area contributed by atoms with Crippen LogP contribution in [0.15, 0.2) is 18.3 Å². The van der Waals surface area contributed by atoms with E-state index in [9.17, 15) is 14.7 Å². The second kappa shape index (κ2) is 5.22. The van der Waals surface area contributed by atoms with Gasteiger partial charge in [0.2, 0.25) is 0 Å². The highest BCUT2D eigenvalue weighted by molar-refractivity contribution is 5.92. The molecule has 1 saturated heterocycles. The maximum absolute atomic E-state index is 11.7. The molecule has 2 heterocycles. The quantitative estimate of drug-likeness (QED) is 0.732. The minimum atomic E-state index is -0.902. The molecule has 18 heavy (non-hydrogen) atoms. The normalized spacial score (nSPS) is 18.2. The van der Waals surface area contributed by atoms with Gasteiger partial charge in [0.1, 0.15) is 5.69 Å². The number of hydrogen-bond donors (Lipinski definition) is 3. The molecule has 1 aliphatic heterocycles. The maximum Gasteiger partial charge on any atom is 0.311 e. The minimum Gasteiger partial charge on any atom is -0.481 e. The van der Waals surface area contributed by atoms with Crippen LogP contribution in [0.4, 0.5) is 0 Å². The Labute approximate surface area is 104 Å². The molecule has 2 rings (SSSR count). The average Bonchev–Trinajstić information content (AvgIpc) is 2.91. The highest BCUT2D eigenvalue weighted by Crippen LogP contribution is 2.30. The number of aromatic nitrogens is 1. The predicted molar refractivity (Wildman–Crippen MR) is 63.2 cm³/mol. The third-order valence-corrected chi connectivity index (χ3v) is 3.33. The van der Waals surface area contributed by atoms with Crippen molar-refractivity contribution >= 4 is 11.9 Å². The van der Waals surface area contributed by atoms with Crippen molar-refractivity contribution in [2.24, 2.45) is 5.41 Å². The zero-order valence-corrected chi connectivity index (χ0v) is 9.94. The Bertz CT molecular complexity index is 421. The lowest BCUT2D eigenvalue weighted by Gasteiger charge is -2.33. The van der Waals surface area contributed by atoms with E-state index in [1.807, 2.05) is 0 Å². The molecule has 1 amide bonds. The number of ether oxygens (including phenoxy) is 1. The predicted octanol–water partition coefficient (Wildman–Crippen LogP) is 0.626. The smallest absolute Gasteiger partial charge is 0.311 e. The zero-order chi connectivity index (χ0) is 13.0. The number of carboxylic acids is 1. The van der Waals surface area contributed by atoms with Crippen molar-refractivity contribution in [3.8, 4) is 0 Å². The summed E-state index contributed by atoms with van der Waals surface area (Å²) in [7, 11) is 0. The van der Waals surface area contributed by atoms with Gasteiger partial charge < -0.3 is 20.1 Å². The average molecular weight is 252 g/mol. The Hall–Kier alpha value is -1.82. The number of carboxylic acid groups (broad SMARTS) is 1. The van der Waals surface area contributed by atoms with Crippen LogP contribution in [0.5, 0.6) is 0 Å². The molecule has 0 bridgehead atoms. The number of hydrogen-bond acceptors (Lipinski definition) is 3. The molecular weight excluding hydrogens is 236 g/mol. The lowest BCUT2D eigenvalue weighted by Crippen LogP contribution is -2.46. The summed E-state index contributed by atoms with van der Waals surface area (Å²) in [6.45, 7) is 0.971. The molecule has 0 aromatic carbocycles. The van der Waals surface area contributed by atoms with E-state index < -0.39 is 11.4 Å². The summed E-state index contributed by atoms with van der Waals surface area (Å²) in [4.78, 5) is 25.9. The molecule has 1 aromatic rings. The summed E-state index contributed by atoms with van der Waals surface area (Å²) < 4.78 is 5.17. The molecule has 98 valence electrons. The van der Waals surface area contributed by atoms with Crippen molar-refractivity contribution < 1.29 is 19.4 Å². The highest BCUT2D eigenvalue weighted by Gasteiger charge is 2.40. The van der Waals surface area contributed by atoms with Crippen LogP contribution in [0.25, 0.3) is 0 Å². The number of aliphatic carboxylic acids is 1. The van der Waals surface area contributed by atoms with Gasteiger partial charge in [-0.2, -0.15) is 0 Å². The van der Waals surface area contributed by atoms with Crippen molar-refractivity contribution in [2.45, 2.75) is 12.8 Å². The van der Waals surface area contributed by atoms with Gasteiger partial charge in [0.05, 0.1) is 5.41 Å². The summed E-state index contributed by atoms with van der Waals surface area (Å²) in [6.07, 6.45) is 2.50. The molecule has 0 atom stereocenters. The standard InChI is InChI=1S/C12H16N2O4/c15-10(9-2-1-5-13-9)14-8-12(11(16)17)3-6-18-7-4-12/h1-2,5,13H,3-4,6-8H2,(H,14,15)(H,16,17). The monoisotopic (exact) mass is 252 g/mol. The van der Waals surface area contributed by atoms with Gasteiger partial charge in [-0.05, 0) is 25.0 Å². The van der Waals surface area contributed by atoms with Gasteiger partial charge in [-0.15, -0.1) is 0 Å². The lowest BCUT2D eigenvalue weighted by atomic mass is 9.80. The first-order valence-corrected chi connectivity index (χ1v) is 5.87. The summed E-state index contributed by atoms with van der Waals surface area (Å²) in [6, 6.07) is 3.36. The molecular formula is C12H16N2O4. The van der Waals surface area contributed by atoms with Crippen molar-refractivity contribution in [3.63, 3.8) is 0 Å². The molecule has 1 fully saturated rings. The fourth-order valence-corrected chi connectivity index (χ4v) is 2.04.